The van der Waals surface area contributed by atoms with Crippen LogP contribution in [0.2, 0.25) is 0 Å². The Morgan fingerprint density at radius 3 is 3.00 bits per heavy atom. The Hall–Kier alpha value is -0.990. The molecule has 0 aromatic heterocycles. The summed E-state index contributed by atoms with van der Waals surface area (Å²) in [4.78, 5) is 2.68. The van der Waals surface area contributed by atoms with Gasteiger partial charge in [0, 0.05) is 17.4 Å². The predicted molar refractivity (Wildman–Crippen MR) is 37.3 cm³/mol. The molecule has 1 N–H and O–H groups in total. The molecule has 0 unspecified atom stereocenters. The molecule has 0 heterocycles. The minimum Gasteiger partial charge on any atom is -0.396 e. The van der Waals surface area contributed by atoms with Crippen LogP contribution in [0, 0.1) is 5.92 Å². The van der Waals surface area contributed by atoms with E-state index < -0.39 is 0 Å². The number of hydrogen-bond acceptors (Lipinski definition) is 2. The normalized spacial score (nSPS) is 30.1. The van der Waals surface area contributed by atoms with Gasteiger partial charge in [-0.15, -0.1) is 0 Å². The van der Waals surface area contributed by atoms with E-state index in [1.807, 2.05) is 12.2 Å². The van der Waals surface area contributed by atoms with Crippen LogP contribution in [0.15, 0.2) is 17.3 Å². The maximum absolute atomic E-state index is 8.67. The van der Waals surface area contributed by atoms with Crippen LogP contribution in [0.5, 0.6) is 0 Å². The van der Waals surface area contributed by atoms with E-state index in [-0.39, 0.29) is 18.6 Å². The van der Waals surface area contributed by atoms with E-state index in [4.69, 9.17) is 10.6 Å². The highest BCUT2D eigenvalue weighted by molar-refractivity contribution is 5.05. The first-order chi connectivity index (χ1) is 4.86. The zero-order chi connectivity index (χ0) is 7.40. The summed E-state index contributed by atoms with van der Waals surface area (Å²) in [5, 5.41) is 12.2. The minimum atomic E-state index is -0.0397. The van der Waals surface area contributed by atoms with E-state index in [2.05, 4.69) is 10.0 Å². The Balaban J connectivity index is 2.44. The molecule has 1 aliphatic rings. The summed E-state index contributed by atoms with van der Waals surface area (Å²) in [6, 6.07) is -0.0397. The SMILES string of the molecule is [N-]=[N+]=N[C@@H]1C=C[C@H](CO)C1. The highest BCUT2D eigenvalue weighted by Gasteiger charge is 2.15. The van der Waals surface area contributed by atoms with Crippen LogP contribution < -0.4 is 0 Å². The van der Waals surface area contributed by atoms with E-state index in [1.54, 1.807) is 0 Å². The lowest BCUT2D eigenvalue weighted by Crippen LogP contribution is -2.03. The third-order valence-electron chi connectivity index (χ3n) is 1.58. The smallest absolute Gasteiger partial charge is 0.0561 e. The molecule has 0 radical (unpaired) electrons. The monoisotopic (exact) mass is 139 g/mol. The third kappa shape index (κ3) is 1.50. The second-order valence-corrected chi connectivity index (χ2v) is 2.34. The van der Waals surface area contributed by atoms with E-state index in [0.29, 0.717) is 0 Å². The molecule has 54 valence electrons. The van der Waals surface area contributed by atoms with Gasteiger partial charge in [0.05, 0.1) is 6.04 Å². The van der Waals surface area contributed by atoms with Crippen molar-refractivity contribution in [1.82, 2.24) is 0 Å². The van der Waals surface area contributed by atoms with Crippen LogP contribution in [0.4, 0.5) is 0 Å². The van der Waals surface area contributed by atoms with Crippen molar-refractivity contribution >= 4 is 0 Å². The molecular formula is C6H9N3O. The summed E-state index contributed by atoms with van der Waals surface area (Å²) in [7, 11) is 0. The average Bonchev–Trinajstić information content (AvgIpc) is 2.37. The second kappa shape index (κ2) is 3.25. The topological polar surface area (TPSA) is 69.0 Å². The van der Waals surface area contributed by atoms with Gasteiger partial charge in [-0.3, -0.25) is 0 Å². The molecule has 10 heavy (non-hydrogen) atoms. The summed E-state index contributed by atoms with van der Waals surface area (Å²) in [6.07, 6.45) is 4.47. The molecule has 0 aromatic carbocycles. The van der Waals surface area contributed by atoms with Crippen molar-refractivity contribution in [3.05, 3.63) is 22.6 Å². The van der Waals surface area contributed by atoms with Crippen molar-refractivity contribution in [2.75, 3.05) is 6.61 Å². The van der Waals surface area contributed by atoms with Crippen molar-refractivity contribution in [1.29, 1.82) is 0 Å². The number of aliphatic hydroxyl groups is 1. The van der Waals surface area contributed by atoms with Crippen molar-refractivity contribution in [3.63, 3.8) is 0 Å². The fourth-order valence-electron chi connectivity index (χ4n) is 1.04. The molecule has 0 saturated carbocycles. The molecule has 2 atom stereocenters. The maximum Gasteiger partial charge on any atom is 0.0561 e. The number of aliphatic hydroxyl groups excluding tert-OH is 1. The van der Waals surface area contributed by atoms with Crippen LogP contribution >= 0.6 is 0 Å². The number of nitrogens with zero attached hydrogens (tertiary/aromatic N) is 3. The van der Waals surface area contributed by atoms with E-state index in [9.17, 15) is 0 Å². The standard InChI is InChI=1S/C6H9N3O/c7-9-8-6-2-1-5(3-6)4-10/h1-2,5-6,10H,3-4H2/t5-,6+/m0/s1. The minimum absolute atomic E-state index is 0.0397. The van der Waals surface area contributed by atoms with Gasteiger partial charge in [0.25, 0.3) is 0 Å². The lowest BCUT2D eigenvalue weighted by molar-refractivity contribution is 0.249. The van der Waals surface area contributed by atoms with Gasteiger partial charge in [-0.2, -0.15) is 0 Å². The van der Waals surface area contributed by atoms with Gasteiger partial charge in [-0.25, -0.2) is 0 Å². The van der Waals surface area contributed by atoms with Crippen LogP contribution in [0.1, 0.15) is 6.42 Å². The second-order valence-electron chi connectivity index (χ2n) is 2.34. The van der Waals surface area contributed by atoms with E-state index >= 15 is 0 Å². The molecule has 4 heteroatoms. The van der Waals surface area contributed by atoms with Crippen LogP contribution in [-0.4, -0.2) is 17.8 Å². The molecule has 1 aliphatic carbocycles. The summed E-state index contributed by atoms with van der Waals surface area (Å²) in [5.41, 5.74) is 8.05. The summed E-state index contributed by atoms with van der Waals surface area (Å²) < 4.78 is 0. The molecule has 0 fully saturated rings. The number of azide groups is 1. The highest BCUT2D eigenvalue weighted by Crippen LogP contribution is 2.19. The molecule has 0 aromatic rings. The molecule has 0 amide bonds. The highest BCUT2D eigenvalue weighted by atomic mass is 16.3. The molecule has 0 spiro atoms. The molecule has 0 aliphatic heterocycles. The van der Waals surface area contributed by atoms with E-state index in [1.165, 1.54) is 0 Å². The Morgan fingerprint density at radius 1 is 1.70 bits per heavy atom. The van der Waals surface area contributed by atoms with Gasteiger partial charge in [0.2, 0.25) is 0 Å². The van der Waals surface area contributed by atoms with Gasteiger partial charge in [0.15, 0.2) is 0 Å². The van der Waals surface area contributed by atoms with Crippen LogP contribution in [0.3, 0.4) is 0 Å². The van der Waals surface area contributed by atoms with E-state index in [0.717, 1.165) is 6.42 Å². The van der Waals surface area contributed by atoms with Crippen molar-refractivity contribution in [3.8, 4) is 0 Å². The quantitative estimate of drug-likeness (QED) is 0.266. The molecule has 4 nitrogen and oxygen atoms in total. The van der Waals surface area contributed by atoms with Gasteiger partial charge < -0.3 is 5.11 Å². The number of hydrogen-bond donors (Lipinski definition) is 1. The van der Waals surface area contributed by atoms with Crippen LogP contribution in [-0.2, 0) is 0 Å². The fourth-order valence-corrected chi connectivity index (χ4v) is 1.04. The molecule has 1 rings (SSSR count). The molecule has 0 bridgehead atoms. The summed E-state index contributed by atoms with van der Waals surface area (Å²) in [5.74, 6) is 0.190. The summed E-state index contributed by atoms with van der Waals surface area (Å²) >= 11 is 0. The van der Waals surface area contributed by atoms with Crippen LogP contribution in [0.25, 0.3) is 10.4 Å². The van der Waals surface area contributed by atoms with Gasteiger partial charge in [-0.1, -0.05) is 17.3 Å². The maximum atomic E-state index is 8.67. The molecule has 0 saturated heterocycles. The Labute approximate surface area is 58.8 Å². The third-order valence-corrected chi connectivity index (χ3v) is 1.58. The zero-order valence-corrected chi connectivity index (χ0v) is 5.51. The van der Waals surface area contributed by atoms with Crippen molar-refractivity contribution in [2.24, 2.45) is 11.0 Å². The lowest BCUT2D eigenvalue weighted by Gasteiger charge is -2.01. The Kier molecular flexibility index (Phi) is 2.31. The first kappa shape index (κ1) is 7.12. The van der Waals surface area contributed by atoms with Gasteiger partial charge in [-0.05, 0) is 12.0 Å². The Bertz CT molecular complexity index is 183. The fraction of sp³-hybridized carbons (Fsp3) is 0.667. The average molecular weight is 139 g/mol. The van der Waals surface area contributed by atoms with Crippen molar-refractivity contribution < 1.29 is 5.11 Å². The van der Waals surface area contributed by atoms with Gasteiger partial charge >= 0.3 is 0 Å². The molecular weight excluding hydrogens is 130 g/mol. The largest absolute Gasteiger partial charge is 0.396 e. The number of rotatable bonds is 2. The predicted octanol–water partition coefficient (Wildman–Crippen LogP) is 1.23. The summed E-state index contributed by atoms with van der Waals surface area (Å²) in [6.45, 7) is 0.147. The Morgan fingerprint density at radius 2 is 2.50 bits per heavy atom. The first-order valence-electron chi connectivity index (χ1n) is 3.20. The van der Waals surface area contributed by atoms with Crippen molar-refractivity contribution in [2.45, 2.75) is 12.5 Å². The zero-order valence-electron chi connectivity index (χ0n) is 5.51. The van der Waals surface area contributed by atoms with Gasteiger partial charge in [0.1, 0.15) is 0 Å². The lowest BCUT2D eigenvalue weighted by atomic mass is 10.1. The first-order valence-corrected chi connectivity index (χ1v) is 3.20.